The van der Waals surface area contributed by atoms with Crippen molar-refractivity contribution < 1.29 is 4.79 Å². The summed E-state index contributed by atoms with van der Waals surface area (Å²) in [5, 5.41) is 1.25. The SMILES string of the molecule is C[C@H](CC=O)c1cn(Cc2ccccc2)c2ccccc12. The van der Waals surface area contributed by atoms with Gasteiger partial charge in [-0.2, -0.15) is 0 Å². The van der Waals surface area contributed by atoms with Crippen molar-refractivity contribution in [1.29, 1.82) is 0 Å². The Morgan fingerprint density at radius 3 is 2.52 bits per heavy atom. The lowest BCUT2D eigenvalue weighted by atomic mass is 9.98. The molecule has 1 heterocycles. The van der Waals surface area contributed by atoms with E-state index in [-0.39, 0.29) is 5.92 Å². The summed E-state index contributed by atoms with van der Waals surface area (Å²) in [6, 6.07) is 18.9. The van der Waals surface area contributed by atoms with Crippen molar-refractivity contribution in [2.24, 2.45) is 0 Å². The van der Waals surface area contributed by atoms with Gasteiger partial charge in [0.15, 0.2) is 0 Å². The van der Waals surface area contributed by atoms with Gasteiger partial charge in [0.05, 0.1) is 0 Å². The molecule has 0 bridgehead atoms. The van der Waals surface area contributed by atoms with Gasteiger partial charge in [-0.05, 0) is 23.1 Å². The monoisotopic (exact) mass is 277 g/mol. The van der Waals surface area contributed by atoms with Crippen molar-refractivity contribution in [1.82, 2.24) is 4.57 Å². The topological polar surface area (TPSA) is 22.0 Å². The molecule has 3 rings (SSSR count). The molecule has 2 aromatic carbocycles. The molecule has 1 aromatic heterocycles. The number of aldehydes is 1. The molecule has 0 fully saturated rings. The number of benzene rings is 2. The second-order valence-corrected chi connectivity index (χ2v) is 5.52. The molecule has 0 saturated carbocycles. The van der Waals surface area contributed by atoms with Crippen LogP contribution in [0.3, 0.4) is 0 Å². The van der Waals surface area contributed by atoms with Gasteiger partial charge < -0.3 is 9.36 Å². The van der Waals surface area contributed by atoms with E-state index in [1.54, 1.807) is 0 Å². The molecule has 106 valence electrons. The molecule has 0 radical (unpaired) electrons. The molecule has 0 unspecified atom stereocenters. The summed E-state index contributed by atoms with van der Waals surface area (Å²) in [6.07, 6.45) is 3.78. The largest absolute Gasteiger partial charge is 0.343 e. The minimum absolute atomic E-state index is 0.254. The van der Waals surface area contributed by atoms with Crippen LogP contribution in [0.1, 0.15) is 30.4 Å². The van der Waals surface area contributed by atoms with Crippen molar-refractivity contribution in [2.45, 2.75) is 25.8 Å². The standard InChI is InChI=1S/C19H19NO/c1-15(11-12-21)18-14-20(13-16-7-3-2-4-8-16)19-10-6-5-9-17(18)19/h2-10,12,14-15H,11,13H2,1H3/t15-/m1/s1. The number of para-hydroxylation sites is 1. The predicted molar refractivity (Wildman–Crippen MR) is 86.6 cm³/mol. The highest BCUT2D eigenvalue weighted by Crippen LogP contribution is 2.29. The Kier molecular flexibility index (Phi) is 3.87. The van der Waals surface area contributed by atoms with Crippen molar-refractivity contribution in [3.63, 3.8) is 0 Å². The van der Waals surface area contributed by atoms with Crippen LogP contribution in [0.2, 0.25) is 0 Å². The fourth-order valence-electron chi connectivity index (χ4n) is 2.85. The second-order valence-electron chi connectivity index (χ2n) is 5.52. The third-order valence-corrected chi connectivity index (χ3v) is 4.00. The van der Waals surface area contributed by atoms with Crippen LogP contribution >= 0.6 is 0 Å². The maximum atomic E-state index is 10.8. The van der Waals surface area contributed by atoms with Crippen molar-refractivity contribution in [2.75, 3.05) is 0 Å². The number of carbonyl (C=O) groups is 1. The van der Waals surface area contributed by atoms with Gasteiger partial charge in [-0.1, -0.05) is 55.5 Å². The Morgan fingerprint density at radius 2 is 1.76 bits per heavy atom. The highest BCUT2D eigenvalue weighted by molar-refractivity contribution is 5.85. The zero-order valence-electron chi connectivity index (χ0n) is 12.2. The molecular formula is C19H19NO. The molecule has 0 aliphatic heterocycles. The molecule has 0 spiro atoms. The molecule has 0 amide bonds. The van der Waals surface area contributed by atoms with E-state index in [0.717, 1.165) is 12.8 Å². The van der Waals surface area contributed by atoms with Crippen LogP contribution in [0.15, 0.2) is 60.8 Å². The summed E-state index contributed by atoms with van der Waals surface area (Å²) in [6.45, 7) is 2.97. The van der Waals surface area contributed by atoms with Gasteiger partial charge in [-0.15, -0.1) is 0 Å². The number of aromatic nitrogens is 1. The maximum Gasteiger partial charge on any atom is 0.120 e. The lowest BCUT2D eigenvalue weighted by Crippen LogP contribution is -1.98. The number of nitrogens with zero attached hydrogens (tertiary/aromatic N) is 1. The summed E-state index contributed by atoms with van der Waals surface area (Å²) in [5.74, 6) is 0.254. The van der Waals surface area contributed by atoms with Crippen molar-refractivity contribution in [3.8, 4) is 0 Å². The average molecular weight is 277 g/mol. The smallest absolute Gasteiger partial charge is 0.120 e. The summed E-state index contributed by atoms with van der Waals surface area (Å²) < 4.78 is 2.28. The van der Waals surface area contributed by atoms with Crippen molar-refractivity contribution >= 4 is 17.2 Å². The minimum atomic E-state index is 0.254. The Morgan fingerprint density at radius 1 is 1.05 bits per heavy atom. The molecule has 2 heteroatoms. The van der Waals surface area contributed by atoms with E-state index in [1.165, 1.54) is 22.0 Å². The Balaban J connectivity index is 2.04. The number of fused-ring (bicyclic) bond motifs is 1. The number of hydrogen-bond donors (Lipinski definition) is 0. The number of hydrogen-bond acceptors (Lipinski definition) is 1. The average Bonchev–Trinajstić information content (AvgIpc) is 2.88. The Hall–Kier alpha value is -2.35. The zero-order chi connectivity index (χ0) is 14.7. The first-order valence-electron chi connectivity index (χ1n) is 7.35. The molecular weight excluding hydrogens is 258 g/mol. The third-order valence-electron chi connectivity index (χ3n) is 4.00. The fraction of sp³-hybridized carbons (Fsp3) is 0.211. The summed E-state index contributed by atoms with van der Waals surface area (Å²) in [7, 11) is 0. The van der Waals surface area contributed by atoms with Crippen LogP contribution in [0, 0.1) is 0 Å². The van der Waals surface area contributed by atoms with E-state index in [0.29, 0.717) is 6.42 Å². The summed E-state index contributed by atoms with van der Waals surface area (Å²) in [4.78, 5) is 10.8. The van der Waals surface area contributed by atoms with Gasteiger partial charge in [0, 0.05) is 30.1 Å². The molecule has 21 heavy (non-hydrogen) atoms. The van der Waals surface area contributed by atoms with Crippen LogP contribution in [0.4, 0.5) is 0 Å². The second kappa shape index (κ2) is 5.96. The van der Waals surface area contributed by atoms with Gasteiger partial charge >= 0.3 is 0 Å². The molecule has 3 aromatic rings. The molecule has 0 aliphatic rings. The van der Waals surface area contributed by atoms with Crippen LogP contribution in [0.25, 0.3) is 10.9 Å². The third kappa shape index (κ3) is 2.75. The van der Waals surface area contributed by atoms with E-state index in [2.05, 4.69) is 66.2 Å². The minimum Gasteiger partial charge on any atom is -0.343 e. The lowest BCUT2D eigenvalue weighted by Gasteiger charge is -2.06. The van der Waals surface area contributed by atoms with Crippen LogP contribution < -0.4 is 0 Å². The zero-order valence-corrected chi connectivity index (χ0v) is 12.2. The molecule has 0 N–H and O–H groups in total. The van der Waals surface area contributed by atoms with E-state index in [1.807, 2.05) is 6.07 Å². The molecule has 1 atom stereocenters. The van der Waals surface area contributed by atoms with E-state index >= 15 is 0 Å². The molecule has 0 saturated heterocycles. The normalized spacial score (nSPS) is 12.4. The van der Waals surface area contributed by atoms with Gasteiger partial charge in [0.2, 0.25) is 0 Å². The Bertz CT molecular complexity index is 743. The first-order chi connectivity index (χ1) is 10.3. The van der Waals surface area contributed by atoms with E-state index in [4.69, 9.17) is 0 Å². The first-order valence-corrected chi connectivity index (χ1v) is 7.35. The van der Waals surface area contributed by atoms with E-state index < -0.39 is 0 Å². The highest BCUT2D eigenvalue weighted by atomic mass is 16.1. The molecule has 2 nitrogen and oxygen atoms in total. The summed E-state index contributed by atoms with van der Waals surface area (Å²) >= 11 is 0. The summed E-state index contributed by atoms with van der Waals surface area (Å²) in [5.41, 5.74) is 3.77. The Labute approximate surface area is 125 Å². The van der Waals surface area contributed by atoms with Gasteiger partial charge in [0.1, 0.15) is 6.29 Å². The van der Waals surface area contributed by atoms with Crippen LogP contribution in [-0.4, -0.2) is 10.9 Å². The number of rotatable bonds is 5. The number of carbonyl (C=O) groups excluding carboxylic acids is 1. The first kappa shape index (κ1) is 13.6. The maximum absolute atomic E-state index is 10.8. The lowest BCUT2D eigenvalue weighted by molar-refractivity contribution is -0.108. The fourth-order valence-corrected chi connectivity index (χ4v) is 2.85. The molecule has 0 aliphatic carbocycles. The van der Waals surface area contributed by atoms with Gasteiger partial charge in [-0.3, -0.25) is 0 Å². The highest BCUT2D eigenvalue weighted by Gasteiger charge is 2.13. The van der Waals surface area contributed by atoms with Crippen LogP contribution in [-0.2, 0) is 11.3 Å². The van der Waals surface area contributed by atoms with Crippen molar-refractivity contribution in [3.05, 3.63) is 71.9 Å². The van der Waals surface area contributed by atoms with Gasteiger partial charge in [0.25, 0.3) is 0 Å². The predicted octanol–water partition coefficient (Wildman–Crippen LogP) is 4.38. The van der Waals surface area contributed by atoms with Gasteiger partial charge in [-0.25, -0.2) is 0 Å². The quantitative estimate of drug-likeness (QED) is 0.634. The van der Waals surface area contributed by atoms with E-state index in [9.17, 15) is 4.79 Å². The van der Waals surface area contributed by atoms with Crippen LogP contribution in [0.5, 0.6) is 0 Å².